The Labute approximate surface area is 450 Å². The second-order valence-electron chi connectivity index (χ2n) is 20.3. The summed E-state index contributed by atoms with van der Waals surface area (Å²) in [6.07, 6.45) is 1.84. The van der Waals surface area contributed by atoms with Gasteiger partial charge in [-0.2, -0.15) is 6.07 Å². The number of hydrogen-bond acceptors (Lipinski definition) is 5. The molecule has 3 aromatic heterocycles. The Hall–Kier alpha value is -7.40. The summed E-state index contributed by atoms with van der Waals surface area (Å²) in [6.45, 7) is 20.1. The van der Waals surface area contributed by atoms with Crippen molar-refractivity contribution >= 4 is 66.5 Å². The molecule has 0 spiro atoms. The molecule has 0 saturated heterocycles. The van der Waals surface area contributed by atoms with Gasteiger partial charge in [0.1, 0.15) is 17.0 Å². The Balaban J connectivity index is 0.00000705. The molecular weight excluding hydrogens is 1060 g/mol. The summed E-state index contributed by atoms with van der Waals surface area (Å²) < 4.78 is 105. The Morgan fingerprint density at radius 1 is 0.611 bits per heavy atom. The smallest absolute Gasteiger partial charge is 0.135 e. The van der Waals surface area contributed by atoms with Crippen molar-refractivity contribution in [1.82, 2.24) is 9.55 Å². The van der Waals surface area contributed by atoms with E-state index in [4.69, 9.17) is 22.4 Å². The second-order valence-corrected chi connectivity index (χ2v) is 20.3. The summed E-state index contributed by atoms with van der Waals surface area (Å²) >= 11 is 0. The van der Waals surface area contributed by atoms with Gasteiger partial charge in [0.25, 0.3) is 0 Å². The molecule has 7 heteroatoms. The zero-order chi connectivity index (χ0) is 57.6. The second kappa shape index (κ2) is 17.7. The molecule has 11 aromatic rings. The van der Waals surface area contributed by atoms with Gasteiger partial charge in [0.05, 0.1) is 13.7 Å². The van der Waals surface area contributed by atoms with E-state index >= 15 is 0 Å². The number of furan rings is 1. The van der Waals surface area contributed by atoms with Gasteiger partial charge in [-0.15, -0.1) is 48.3 Å². The molecule has 0 saturated carbocycles. The predicted molar refractivity (Wildman–Crippen MR) is 294 cm³/mol. The molecule has 8 aromatic carbocycles. The molecule has 6 nitrogen and oxygen atoms in total. The monoisotopic (exact) mass is 1130 g/mol. The summed E-state index contributed by atoms with van der Waals surface area (Å²) in [6, 6.07) is 34.0. The van der Waals surface area contributed by atoms with Crippen LogP contribution in [0.25, 0.3) is 71.8 Å². The number of ether oxygens (including phenoxy) is 1. The van der Waals surface area contributed by atoms with Crippen molar-refractivity contribution in [2.45, 2.75) is 73.1 Å². The normalized spacial score (nSPS) is 14.8. The third-order valence-corrected chi connectivity index (χ3v) is 13.9. The number of fused-ring (bicyclic) bond motifs is 8. The third kappa shape index (κ3) is 7.79. The summed E-state index contributed by atoms with van der Waals surface area (Å²) in [5.41, 5.74) is 8.77. The molecule has 0 radical (unpaired) electrons. The fourth-order valence-electron chi connectivity index (χ4n) is 9.98. The van der Waals surface area contributed by atoms with Crippen LogP contribution in [0.3, 0.4) is 0 Å². The van der Waals surface area contributed by atoms with Crippen molar-refractivity contribution in [3.05, 3.63) is 210 Å². The van der Waals surface area contributed by atoms with Crippen LogP contribution in [-0.2, 0) is 31.9 Å². The molecule has 0 N–H and O–H groups in total. The van der Waals surface area contributed by atoms with Gasteiger partial charge >= 0.3 is 0 Å². The van der Waals surface area contributed by atoms with E-state index in [1.807, 2.05) is 116 Å². The molecule has 1 aliphatic rings. The quantitative estimate of drug-likeness (QED) is 0.149. The Bertz CT molecular complexity index is 4370. The average molecular weight is 1130 g/mol. The molecule has 72 heavy (non-hydrogen) atoms. The van der Waals surface area contributed by atoms with Crippen LogP contribution in [0.15, 0.2) is 168 Å². The standard InChI is InChI=1S/C65H55N4O2.Pt/c1-40-41(2)59(43-20-12-10-13-21-43)62(60(42(40)3)44-22-14-11-15-23-44)68-39-67(53-25-17-18-26-54(53)68)47-34-46(65(7,8)9)35-49(37-47)70-48-28-29-52-56(38-48)69(58-36-45(32-33-66-58)64(4,5)6)55-31-30-51-50-24-16-19-27-57(50)71-63(51)61(52)55;/h10-36,39H,1-9H3;/q-3;/i10D,11D,12D,13D,14D,15D,20D,21D,22D,23D;. The SMILES string of the molecule is [2H]c1c([2H])c([2H])c(-c2c(C)c(C)c(C)c(-c3c([2H])c([2H])c([2H])c([2H])c3[2H])c2N2[CH-]N(c3[c-]c(Oc4[c-]c5c(cc4)c4c6oc7ccccc7c6ccc4n5-c4cc(C(C)(C)C)ccn4)cc(C(C)(C)C)c3)c3ccccc32)c([2H])c1[2H].[Pt]. The Kier molecular flexibility index (Phi) is 8.98. The van der Waals surface area contributed by atoms with Gasteiger partial charge in [-0.05, 0) is 113 Å². The maximum Gasteiger partial charge on any atom is 0.135 e. The number of nitrogens with zero attached hydrogens (tertiary/aromatic N) is 4. The van der Waals surface area contributed by atoms with E-state index < -0.39 is 65.8 Å². The van der Waals surface area contributed by atoms with Crippen LogP contribution < -0.4 is 14.5 Å². The van der Waals surface area contributed by atoms with Crippen molar-refractivity contribution < 1.29 is 43.9 Å². The molecule has 4 heterocycles. The molecule has 0 unspecified atom stereocenters. The first-order valence-electron chi connectivity index (χ1n) is 28.7. The average Bonchev–Trinajstić information content (AvgIpc) is 3.59. The fraction of sp³-hybridized carbons (Fsp3) is 0.169. The maximum absolute atomic E-state index is 9.35. The zero-order valence-electron chi connectivity index (χ0n) is 51.3. The van der Waals surface area contributed by atoms with Crippen LogP contribution in [0.5, 0.6) is 11.5 Å². The van der Waals surface area contributed by atoms with E-state index in [1.54, 1.807) is 0 Å². The Morgan fingerprint density at radius 2 is 1.24 bits per heavy atom. The fourth-order valence-corrected chi connectivity index (χ4v) is 9.98. The van der Waals surface area contributed by atoms with E-state index in [0.717, 1.165) is 54.9 Å². The Morgan fingerprint density at radius 3 is 1.90 bits per heavy atom. The topological polar surface area (TPSA) is 46.7 Å². The molecule has 0 atom stereocenters. The van der Waals surface area contributed by atoms with Gasteiger partial charge in [0.15, 0.2) is 0 Å². The van der Waals surface area contributed by atoms with E-state index in [-0.39, 0.29) is 54.4 Å². The minimum absolute atomic E-state index is 0. The number of aromatic nitrogens is 2. The van der Waals surface area contributed by atoms with Crippen LogP contribution in [-0.4, -0.2) is 9.55 Å². The number of benzene rings is 8. The van der Waals surface area contributed by atoms with Crippen molar-refractivity contribution in [3.8, 4) is 39.6 Å². The van der Waals surface area contributed by atoms with Gasteiger partial charge in [0, 0.05) is 83.2 Å². The van der Waals surface area contributed by atoms with E-state index in [1.165, 1.54) is 0 Å². The number of hydrogen-bond donors (Lipinski definition) is 0. The van der Waals surface area contributed by atoms with Crippen LogP contribution in [0.2, 0.25) is 0 Å². The van der Waals surface area contributed by atoms with E-state index in [9.17, 15) is 5.48 Å². The largest absolute Gasteiger partial charge is 0.509 e. The first-order chi connectivity index (χ1) is 38.4. The summed E-state index contributed by atoms with van der Waals surface area (Å²) in [4.78, 5) is 8.69. The van der Waals surface area contributed by atoms with E-state index in [2.05, 4.69) is 82.5 Å². The molecule has 12 rings (SSSR count). The van der Waals surface area contributed by atoms with Gasteiger partial charge in [0.2, 0.25) is 0 Å². The van der Waals surface area contributed by atoms with Crippen LogP contribution in [0.1, 0.15) is 83.1 Å². The summed E-state index contributed by atoms with van der Waals surface area (Å²) in [5.74, 6) is 1.51. The molecule has 0 fully saturated rings. The van der Waals surface area contributed by atoms with Gasteiger partial charge in [-0.3, -0.25) is 0 Å². The zero-order valence-corrected chi connectivity index (χ0v) is 43.6. The van der Waals surface area contributed by atoms with Crippen LogP contribution in [0.4, 0.5) is 22.7 Å². The molecule has 0 aliphatic carbocycles. The van der Waals surface area contributed by atoms with Gasteiger partial charge in [-0.1, -0.05) is 143 Å². The molecular formula is C65H55N4O2Pt-3. The number of pyridine rings is 1. The first-order valence-corrected chi connectivity index (χ1v) is 23.7. The number of anilines is 4. The van der Waals surface area contributed by atoms with Gasteiger partial charge in [-0.25, -0.2) is 4.98 Å². The van der Waals surface area contributed by atoms with Crippen molar-refractivity contribution in [1.29, 1.82) is 0 Å². The molecule has 1 aliphatic heterocycles. The molecule has 0 bridgehead atoms. The minimum atomic E-state index is -0.564. The maximum atomic E-state index is 9.35. The van der Waals surface area contributed by atoms with Crippen molar-refractivity contribution in [2.75, 3.05) is 9.80 Å². The summed E-state index contributed by atoms with van der Waals surface area (Å²) in [5, 5.41) is 3.83. The van der Waals surface area contributed by atoms with Gasteiger partial charge < -0.3 is 23.5 Å². The third-order valence-electron chi connectivity index (χ3n) is 13.9. The van der Waals surface area contributed by atoms with Crippen LogP contribution in [0, 0.1) is 39.6 Å². The van der Waals surface area contributed by atoms with Crippen molar-refractivity contribution in [3.63, 3.8) is 0 Å². The number of para-hydroxylation sites is 3. The molecule has 360 valence electrons. The predicted octanol–water partition coefficient (Wildman–Crippen LogP) is 17.7. The molecule has 0 amide bonds. The number of rotatable bonds is 7. The first kappa shape index (κ1) is 36.5. The van der Waals surface area contributed by atoms with Crippen molar-refractivity contribution in [2.24, 2.45) is 0 Å². The van der Waals surface area contributed by atoms with Crippen LogP contribution >= 0.6 is 0 Å². The minimum Gasteiger partial charge on any atom is -0.509 e. The summed E-state index contributed by atoms with van der Waals surface area (Å²) in [7, 11) is 0. The van der Waals surface area contributed by atoms with E-state index in [0.29, 0.717) is 51.1 Å².